The Hall–Kier alpha value is -0.0800. The maximum atomic E-state index is 5.68. The van der Waals surface area contributed by atoms with E-state index in [1.807, 2.05) is 0 Å². The van der Waals surface area contributed by atoms with Gasteiger partial charge in [0.25, 0.3) is 0 Å². The van der Waals surface area contributed by atoms with E-state index in [4.69, 9.17) is 5.73 Å². The van der Waals surface area contributed by atoms with Gasteiger partial charge in [0, 0.05) is 6.04 Å². The summed E-state index contributed by atoms with van der Waals surface area (Å²) >= 11 is 0. The van der Waals surface area contributed by atoms with Gasteiger partial charge < -0.3 is 10.6 Å². The van der Waals surface area contributed by atoms with E-state index >= 15 is 0 Å². The Bertz CT molecular complexity index is 166. The molecule has 86 valence electrons. The van der Waals surface area contributed by atoms with Crippen molar-refractivity contribution in [1.82, 2.24) is 4.90 Å². The normalized spacial score (nSPS) is 16.1. The van der Waals surface area contributed by atoms with Gasteiger partial charge in [-0.25, -0.2) is 0 Å². The Kier molecular flexibility index (Phi) is 4.60. The fourth-order valence-corrected chi connectivity index (χ4v) is 3.15. The van der Waals surface area contributed by atoms with Crippen LogP contribution < -0.4 is 5.73 Å². The molecule has 1 unspecified atom stereocenters. The summed E-state index contributed by atoms with van der Waals surface area (Å²) < 4.78 is 0. The lowest BCUT2D eigenvalue weighted by atomic mass is 9.68. The highest BCUT2D eigenvalue weighted by molar-refractivity contribution is 4.92. The molecule has 0 saturated heterocycles. The number of nitrogens with two attached hydrogens (primary N) is 1. The van der Waals surface area contributed by atoms with E-state index in [2.05, 4.69) is 53.6 Å². The summed E-state index contributed by atoms with van der Waals surface area (Å²) in [4.78, 5) is 2.33. The zero-order valence-corrected chi connectivity index (χ0v) is 11.0. The predicted molar refractivity (Wildman–Crippen MR) is 64.4 cm³/mol. The fourth-order valence-electron chi connectivity index (χ4n) is 3.15. The molecule has 2 nitrogen and oxygen atoms in total. The zero-order chi connectivity index (χ0) is 11.6. The van der Waals surface area contributed by atoms with E-state index in [1.54, 1.807) is 0 Å². The van der Waals surface area contributed by atoms with Gasteiger partial charge in [-0.05, 0) is 37.9 Å². The van der Waals surface area contributed by atoms with Crippen LogP contribution >= 0.6 is 0 Å². The Morgan fingerprint density at radius 2 is 1.50 bits per heavy atom. The predicted octanol–water partition coefficient (Wildman–Crippen LogP) is 2.34. The lowest BCUT2D eigenvalue weighted by Gasteiger charge is -2.47. The molecule has 0 aliphatic rings. The molecule has 0 aliphatic heterocycles. The minimum Gasteiger partial charge on any atom is -0.330 e. The van der Waals surface area contributed by atoms with Crippen LogP contribution in [0.2, 0.25) is 0 Å². The molecule has 0 radical (unpaired) electrons. The minimum atomic E-state index is 0.274. The summed E-state index contributed by atoms with van der Waals surface area (Å²) in [5.41, 5.74) is 6.25. The van der Waals surface area contributed by atoms with Gasteiger partial charge in [-0.3, -0.25) is 0 Å². The summed E-state index contributed by atoms with van der Waals surface area (Å²) in [6, 6.07) is 0.554. The quantitative estimate of drug-likeness (QED) is 0.755. The van der Waals surface area contributed by atoms with Crippen molar-refractivity contribution in [2.45, 2.75) is 47.1 Å². The second-order valence-electron chi connectivity index (χ2n) is 6.26. The van der Waals surface area contributed by atoms with Crippen LogP contribution in [0.1, 0.15) is 41.0 Å². The molecule has 0 amide bonds. The van der Waals surface area contributed by atoms with Crippen LogP contribution in [0.5, 0.6) is 0 Å². The second-order valence-corrected chi connectivity index (χ2v) is 6.26. The van der Waals surface area contributed by atoms with Gasteiger partial charge in [0.2, 0.25) is 0 Å². The first kappa shape index (κ1) is 13.9. The summed E-state index contributed by atoms with van der Waals surface area (Å²) in [6.07, 6.45) is 1.08. The van der Waals surface area contributed by atoms with Crippen LogP contribution in [0.3, 0.4) is 0 Å². The number of hydrogen-bond donors (Lipinski definition) is 1. The smallest absolute Gasteiger partial charge is 0.0189 e. The van der Waals surface area contributed by atoms with Crippen molar-refractivity contribution in [3.63, 3.8) is 0 Å². The average Bonchev–Trinajstić information content (AvgIpc) is 1.78. The molecule has 0 fully saturated rings. The van der Waals surface area contributed by atoms with Gasteiger partial charge >= 0.3 is 0 Å². The first-order valence-electron chi connectivity index (χ1n) is 5.49. The third-order valence-electron chi connectivity index (χ3n) is 2.87. The monoisotopic (exact) mass is 200 g/mol. The largest absolute Gasteiger partial charge is 0.330 e. The van der Waals surface area contributed by atoms with Gasteiger partial charge in [-0.2, -0.15) is 0 Å². The molecule has 0 aliphatic carbocycles. The summed E-state index contributed by atoms with van der Waals surface area (Å²) in [5, 5.41) is 0. The lowest BCUT2D eigenvalue weighted by Crippen LogP contribution is -2.50. The molecule has 0 heterocycles. The number of hydrogen-bond acceptors (Lipinski definition) is 2. The molecular weight excluding hydrogens is 172 g/mol. The van der Waals surface area contributed by atoms with E-state index in [0.29, 0.717) is 11.5 Å². The zero-order valence-electron chi connectivity index (χ0n) is 11.0. The first-order valence-corrected chi connectivity index (χ1v) is 5.49. The van der Waals surface area contributed by atoms with Crippen molar-refractivity contribution in [3.05, 3.63) is 0 Å². The molecule has 2 N–H and O–H groups in total. The lowest BCUT2D eigenvalue weighted by molar-refractivity contribution is 0.0367. The van der Waals surface area contributed by atoms with Crippen molar-refractivity contribution in [3.8, 4) is 0 Å². The summed E-state index contributed by atoms with van der Waals surface area (Å²) in [5.74, 6) is 0. The van der Waals surface area contributed by atoms with Crippen LogP contribution in [0.25, 0.3) is 0 Å². The molecule has 0 spiro atoms. The summed E-state index contributed by atoms with van der Waals surface area (Å²) in [6.45, 7) is 12.3. The highest BCUT2D eigenvalue weighted by Gasteiger charge is 2.38. The Morgan fingerprint density at radius 1 is 1.07 bits per heavy atom. The fraction of sp³-hybridized carbons (Fsp3) is 1.00. The third kappa shape index (κ3) is 3.58. The van der Waals surface area contributed by atoms with Gasteiger partial charge in [0.05, 0.1) is 0 Å². The van der Waals surface area contributed by atoms with Gasteiger partial charge in [0.15, 0.2) is 0 Å². The molecule has 0 bridgehead atoms. The molecular formula is C12H28N2. The average molecular weight is 200 g/mol. The van der Waals surface area contributed by atoms with Crippen molar-refractivity contribution in [2.24, 2.45) is 16.6 Å². The Balaban J connectivity index is 4.82. The summed E-state index contributed by atoms with van der Waals surface area (Å²) in [7, 11) is 4.32. The van der Waals surface area contributed by atoms with Crippen molar-refractivity contribution >= 4 is 0 Å². The highest BCUT2D eigenvalue weighted by atomic mass is 15.1. The molecule has 0 aromatic heterocycles. The van der Waals surface area contributed by atoms with E-state index in [1.165, 1.54) is 0 Å². The Morgan fingerprint density at radius 3 is 1.71 bits per heavy atom. The van der Waals surface area contributed by atoms with Gasteiger partial charge in [-0.1, -0.05) is 34.6 Å². The SMILES string of the molecule is CN(C)C(C(C)(C)C)C(C)(C)CCN. The molecule has 1 atom stereocenters. The topological polar surface area (TPSA) is 29.3 Å². The van der Waals surface area contributed by atoms with E-state index in [0.717, 1.165) is 13.0 Å². The van der Waals surface area contributed by atoms with Crippen LogP contribution in [0.15, 0.2) is 0 Å². The van der Waals surface area contributed by atoms with E-state index in [9.17, 15) is 0 Å². The van der Waals surface area contributed by atoms with Crippen LogP contribution in [0.4, 0.5) is 0 Å². The number of nitrogens with zero attached hydrogens (tertiary/aromatic N) is 1. The third-order valence-corrected chi connectivity index (χ3v) is 2.87. The molecule has 0 aromatic carbocycles. The van der Waals surface area contributed by atoms with E-state index in [-0.39, 0.29) is 5.41 Å². The van der Waals surface area contributed by atoms with E-state index < -0.39 is 0 Å². The van der Waals surface area contributed by atoms with Crippen LogP contribution in [-0.4, -0.2) is 31.6 Å². The van der Waals surface area contributed by atoms with Crippen LogP contribution in [-0.2, 0) is 0 Å². The molecule has 0 saturated carbocycles. The number of rotatable bonds is 4. The highest BCUT2D eigenvalue weighted by Crippen LogP contribution is 2.38. The molecule has 2 heteroatoms. The minimum absolute atomic E-state index is 0.274. The van der Waals surface area contributed by atoms with Crippen molar-refractivity contribution in [2.75, 3.05) is 20.6 Å². The maximum Gasteiger partial charge on any atom is 0.0189 e. The van der Waals surface area contributed by atoms with Gasteiger partial charge in [0.1, 0.15) is 0 Å². The molecule has 0 rings (SSSR count). The standard InChI is InChI=1S/C12H28N2/c1-11(2,3)10(14(6)7)12(4,5)8-9-13/h10H,8-9,13H2,1-7H3. The van der Waals surface area contributed by atoms with Crippen LogP contribution in [0, 0.1) is 10.8 Å². The van der Waals surface area contributed by atoms with Crippen molar-refractivity contribution in [1.29, 1.82) is 0 Å². The first-order chi connectivity index (χ1) is 6.13. The molecule has 14 heavy (non-hydrogen) atoms. The molecule has 0 aromatic rings. The van der Waals surface area contributed by atoms with Gasteiger partial charge in [-0.15, -0.1) is 0 Å². The van der Waals surface area contributed by atoms with Crippen molar-refractivity contribution < 1.29 is 0 Å². The maximum absolute atomic E-state index is 5.68. The second kappa shape index (κ2) is 4.63. The Labute approximate surface area is 89.9 Å².